The summed E-state index contributed by atoms with van der Waals surface area (Å²) in [6, 6.07) is 9.45. The van der Waals surface area contributed by atoms with E-state index in [4.69, 9.17) is 0 Å². The second-order valence-electron chi connectivity index (χ2n) is 4.56. The highest BCUT2D eigenvalue weighted by Crippen LogP contribution is 2.29. The lowest BCUT2D eigenvalue weighted by molar-refractivity contribution is 0.566. The number of nitrogens with one attached hydrogen (secondary N) is 1. The van der Waals surface area contributed by atoms with Crippen molar-refractivity contribution in [1.29, 1.82) is 0 Å². The number of para-hydroxylation sites is 1. The molecule has 0 amide bonds. The summed E-state index contributed by atoms with van der Waals surface area (Å²) in [4.78, 5) is 2.55. The second kappa shape index (κ2) is 5.35. The smallest absolute Gasteiger partial charge is 0.0401 e. The summed E-state index contributed by atoms with van der Waals surface area (Å²) in [7, 11) is 0. The Morgan fingerprint density at radius 1 is 1.38 bits per heavy atom. The van der Waals surface area contributed by atoms with E-state index in [1.54, 1.807) is 0 Å². The summed E-state index contributed by atoms with van der Waals surface area (Å²) in [5.41, 5.74) is 2.96. The summed E-state index contributed by atoms with van der Waals surface area (Å²) in [5.74, 6) is 0. The summed E-state index contributed by atoms with van der Waals surface area (Å²) >= 11 is 0. The van der Waals surface area contributed by atoms with Gasteiger partial charge in [-0.25, -0.2) is 0 Å². The van der Waals surface area contributed by atoms with Crippen molar-refractivity contribution < 1.29 is 0 Å². The van der Waals surface area contributed by atoms with Crippen molar-refractivity contribution in [3.8, 4) is 0 Å². The summed E-state index contributed by atoms with van der Waals surface area (Å²) in [6.45, 7) is 7.88. The first-order valence-corrected chi connectivity index (χ1v) is 6.38. The average Bonchev–Trinajstić information content (AvgIpc) is 2.73. The maximum Gasteiger partial charge on any atom is 0.0401 e. The van der Waals surface area contributed by atoms with E-state index in [2.05, 4.69) is 48.3 Å². The van der Waals surface area contributed by atoms with Gasteiger partial charge in [-0.05, 0) is 44.5 Å². The van der Waals surface area contributed by atoms with Crippen LogP contribution in [0.1, 0.15) is 25.8 Å². The zero-order chi connectivity index (χ0) is 11.4. The molecule has 0 saturated carbocycles. The van der Waals surface area contributed by atoms with Gasteiger partial charge in [0.1, 0.15) is 0 Å². The van der Waals surface area contributed by atoms with Crippen molar-refractivity contribution in [2.24, 2.45) is 0 Å². The van der Waals surface area contributed by atoms with Crippen LogP contribution in [-0.2, 0) is 6.42 Å². The van der Waals surface area contributed by atoms with Crippen LogP contribution in [0.15, 0.2) is 24.3 Å². The fraction of sp³-hybridized carbons (Fsp3) is 0.571. The molecule has 0 radical (unpaired) electrons. The molecule has 1 aromatic rings. The van der Waals surface area contributed by atoms with Gasteiger partial charge in [0.15, 0.2) is 0 Å². The highest BCUT2D eigenvalue weighted by Gasteiger charge is 2.22. The number of nitrogens with zero attached hydrogens (tertiary/aromatic N) is 1. The summed E-state index contributed by atoms with van der Waals surface area (Å²) in [6.07, 6.45) is 2.43. The molecule has 0 spiro atoms. The van der Waals surface area contributed by atoms with Gasteiger partial charge in [-0.1, -0.05) is 25.1 Å². The van der Waals surface area contributed by atoms with Crippen LogP contribution >= 0.6 is 0 Å². The summed E-state index contributed by atoms with van der Waals surface area (Å²) < 4.78 is 0. The molecule has 0 bridgehead atoms. The molecule has 1 aliphatic rings. The SMILES string of the molecule is CCNCCC(C)N1CCc2ccccc21. The van der Waals surface area contributed by atoms with Gasteiger partial charge in [-0.2, -0.15) is 0 Å². The Hall–Kier alpha value is -1.02. The minimum atomic E-state index is 0.641. The van der Waals surface area contributed by atoms with E-state index in [0.29, 0.717) is 6.04 Å². The largest absolute Gasteiger partial charge is 0.368 e. The number of fused-ring (bicyclic) bond motifs is 1. The quantitative estimate of drug-likeness (QED) is 0.764. The van der Waals surface area contributed by atoms with Gasteiger partial charge in [-0.3, -0.25) is 0 Å². The number of rotatable bonds is 5. The highest BCUT2D eigenvalue weighted by molar-refractivity contribution is 5.58. The van der Waals surface area contributed by atoms with Gasteiger partial charge >= 0.3 is 0 Å². The highest BCUT2D eigenvalue weighted by atomic mass is 15.2. The third kappa shape index (κ3) is 2.38. The van der Waals surface area contributed by atoms with Crippen molar-refractivity contribution in [3.05, 3.63) is 29.8 Å². The molecule has 2 rings (SSSR count). The van der Waals surface area contributed by atoms with Gasteiger partial charge in [0, 0.05) is 18.3 Å². The number of hydrogen-bond acceptors (Lipinski definition) is 2. The maximum atomic E-state index is 3.40. The zero-order valence-electron chi connectivity index (χ0n) is 10.4. The molecule has 88 valence electrons. The Balaban J connectivity index is 1.96. The fourth-order valence-electron chi connectivity index (χ4n) is 2.47. The Morgan fingerprint density at radius 2 is 2.19 bits per heavy atom. The van der Waals surface area contributed by atoms with Gasteiger partial charge in [0.25, 0.3) is 0 Å². The first kappa shape index (κ1) is 11.5. The van der Waals surface area contributed by atoms with Gasteiger partial charge in [0.2, 0.25) is 0 Å². The van der Waals surface area contributed by atoms with Gasteiger partial charge in [-0.15, -0.1) is 0 Å². The molecule has 0 aromatic heterocycles. The third-order valence-corrected chi connectivity index (χ3v) is 3.44. The lowest BCUT2D eigenvalue weighted by Gasteiger charge is -2.27. The Labute approximate surface area is 98.7 Å². The number of hydrogen-bond donors (Lipinski definition) is 1. The Morgan fingerprint density at radius 3 is 3.00 bits per heavy atom. The van der Waals surface area contributed by atoms with Crippen LogP contribution in [0.25, 0.3) is 0 Å². The molecule has 2 nitrogen and oxygen atoms in total. The van der Waals surface area contributed by atoms with E-state index in [-0.39, 0.29) is 0 Å². The predicted octanol–water partition coefficient (Wildman–Crippen LogP) is 2.44. The molecule has 1 unspecified atom stereocenters. The number of benzene rings is 1. The molecule has 1 N–H and O–H groups in total. The lowest BCUT2D eigenvalue weighted by Crippen LogP contribution is -2.34. The Kier molecular flexibility index (Phi) is 3.83. The van der Waals surface area contributed by atoms with Crippen molar-refractivity contribution in [3.63, 3.8) is 0 Å². The molecule has 0 saturated heterocycles. The van der Waals surface area contributed by atoms with Crippen LogP contribution in [0, 0.1) is 0 Å². The van der Waals surface area contributed by atoms with Crippen LogP contribution in [0.3, 0.4) is 0 Å². The monoisotopic (exact) mass is 218 g/mol. The molecule has 0 fully saturated rings. The van der Waals surface area contributed by atoms with E-state index >= 15 is 0 Å². The molecule has 1 aliphatic heterocycles. The lowest BCUT2D eigenvalue weighted by atomic mass is 10.1. The van der Waals surface area contributed by atoms with E-state index in [1.807, 2.05) is 0 Å². The van der Waals surface area contributed by atoms with E-state index in [9.17, 15) is 0 Å². The van der Waals surface area contributed by atoms with Crippen LogP contribution in [-0.4, -0.2) is 25.7 Å². The molecule has 0 aliphatic carbocycles. The first-order chi connectivity index (χ1) is 7.83. The molecular weight excluding hydrogens is 196 g/mol. The average molecular weight is 218 g/mol. The summed E-state index contributed by atoms with van der Waals surface area (Å²) in [5, 5.41) is 3.40. The van der Waals surface area contributed by atoms with Crippen molar-refractivity contribution in [1.82, 2.24) is 5.32 Å². The second-order valence-corrected chi connectivity index (χ2v) is 4.56. The molecule has 2 heteroatoms. The molecular formula is C14H22N2. The molecule has 1 heterocycles. The van der Waals surface area contributed by atoms with E-state index in [1.165, 1.54) is 30.6 Å². The van der Waals surface area contributed by atoms with Crippen molar-refractivity contribution in [2.75, 3.05) is 24.5 Å². The third-order valence-electron chi connectivity index (χ3n) is 3.44. The molecule has 1 atom stereocenters. The molecule has 16 heavy (non-hydrogen) atoms. The van der Waals surface area contributed by atoms with E-state index in [0.717, 1.165) is 13.1 Å². The van der Waals surface area contributed by atoms with Crippen LogP contribution in [0.2, 0.25) is 0 Å². The fourth-order valence-corrected chi connectivity index (χ4v) is 2.47. The maximum absolute atomic E-state index is 3.40. The van der Waals surface area contributed by atoms with Gasteiger partial charge < -0.3 is 10.2 Å². The minimum Gasteiger partial charge on any atom is -0.368 e. The minimum absolute atomic E-state index is 0.641. The number of anilines is 1. The Bertz CT molecular complexity index is 335. The van der Waals surface area contributed by atoms with Crippen molar-refractivity contribution >= 4 is 5.69 Å². The van der Waals surface area contributed by atoms with Crippen LogP contribution in [0.4, 0.5) is 5.69 Å². The van der Waals surface area contributed by atoms with Crippen LogP contribution < -0.4 is 10.2 Å². The normalized spacial score (nSPS) is 16.2. The van der Waals surface area contributed by atoms with Gasteiger partial charge in [0.05, 0.1) is 0 Å². The van der Waals surface area contributed by atoms with Crippen LogP contribution in [0.5, 0.6) is 0 Å². The first-order valence-electron chi connectivity index (χ1n) is 6.38. The predicted molar refractivity (Wildman–Crippen MR) is 70.1 cm³/mol. The van der Waals surface area contributed by atoms with Crippen molar-refractivity contribution in [2.45, 2.75) is 32.7 Å². The van der Waals surface area contributed by atoms with E-state index < -0.39 is 0 Å². The molecule has 1 aromatic carbocycles. The standard InChI is InChI=1S/C14H22N2/c1-3-15-10-8-12(2)16-11-9-13-6-4-5-7-14(13)16/h4-7,12,15H,3,8-11H2,1-2H3. The topological polar surface area (TPSA) is 15.3 Å². The zero-order valence-corrected chi connectivity index (χ0v) is 10.4.